The van der Waals surface area contributed by atoms with Crippen molar-refractivity contribution in [2.45, 2.75) is 12.6 Å². The fourth-order valence-electron chi connectivity index (χ4n) is 4.95. The summed E-state index contributed by atoms with van der Waals surface area (Å²) >= 11 is 7.02. The Morgan fingerprint density at radius 1 is 1.15 bits per heavy atom. The molecular weight excluding hydrogens is 456 g/mol. The third-order valence-corrected chi connectivity index (χ3v) is 6.96. The van der Waals surface area contributed by atoms with E-state index in [1.165, 1.54) is 6.08 Å². The van der Waals surface area contributed by atoms with Crippen LogP contribution in [0.25, 0.3) is 22.0 Å². The maximum atomic E-state index is 12.2. The summed E-state index contributed by atoms with van der Waals surface area (Å²) in [6.07, 6.45) is 2.92. The van der Waals surface area contributed by atoms with Crippen molar-refractivity contribution in [3.05, 3.63) is 53.8 Å². The van der Waals surface area contributed by atoms with Crippen LogP contribution in [-0.4, -0.2) is 66.3 Å². The monoisotopic (exact) mass is 478 g/mol. The largest absolute Gasteiger partial charge is 0.490 e. The van der Waals surface area contributed by atoms with Crippen molar-refractivity contribution in [1.29, 1.82) is 0 Å². The number of ether oxygens (including phenoxy) is 3. The normalized spacial score (nSPS) is 19.3. The van der Waals surface area contributed by atoms with Gasteiger partial charge in [0.2, 0.25) is 5.91 Å². The number of anilines is 1. The van der Waals surface area contributed by atoms with Gasteiger partial charge >= 0.3 is 0 Å². The zero-order valence-electron chi connectivity index (χ0n) is 18.5. The number of halogens is 1. The Hall–Kier alpha value is -3.36. The number of benzene rings is 2. The van der Waals surface area contributed by atoms with Crippen molar-refractivity contribution in [3.8, 4) is 22.6 Å². The number of rotatable bonds is 2. The van der Waals surface area contributed by atoms with Gasteiger partial charge in [-0.3, -0.25) is 4.79 Å². The summed E-state index contributed by atoms with van der Waals surface area (Å²) in [7, 11) is 0. The molecule has 9 heteroatoms. The molecule has 1 atom stereocenters. The fraction of sp³-hybridized carbons (Fsp3) is 0.320. The molecule has 3 aliphatic heterocycles. The molecule has 1 saturated heterocycles. The van der Waals surface area contributed by atoms with Crippen LogP contribution in [0.4, 0.5) is 5.82 Å². The second kappa shape index (κ2) is 8.45. The molecule has 0 radical (unpaired) electrons. The molecule has 1 aromatic heterocycles. The van der Waals surface area contributed by atoms with Gasteiger partial charge < -0.3 is 24.0 Å². The summed E-state index contributed by atoms with van der Waals surface area (Å²) in [5.41, 5.74) is 3.38. The maximum Gasteiger partial charge on any atom is 0.246 e. The third kappa shape index (κ3) is 3.36. The van der Waals surface area contributed by atoms with E-state index in [1.807, 2.05) is 24.3 Å². The molecule has 0 bridgehead atoms. The van der Waals surface area contributed by atoms with Crippen LogP contribution in [0.5, 0.6) is 11.5 Å². The van der Waals surface area contributed by atoms with E-state index in [0.29, 0.717) is 56.8 Å². The van der Waals surface area contributed by atoms with Crippen LogP contribution in [0.15, 0.2) is 43.2 Å². The Morgan fingerprint density at radius 2 is 2.06 bits per heavy atom. The molecule has 0 saturated carbocycles. The predicted molar refractivity (Wildman–Crippen MR) is 129 cm³/mol. The van der Waals surface area contributed by atoms with Crippen LogP contribution in [0, 0.1) is 0 Å². The number of fused-ring (bicyclic) bond motifs is 3. The van der Waals surface area contributed by atoms with E-state index in [0.717, 1.165) is 39.2 Å². The number of nitrogens with zero attached hydrogens (tertiary/aromatic N) is 4. The van der Waals surface area contributed by atoms with Crippen molar-refractivity contribution in [2.24, 2.45) is 0 Å². The van der Waals surface area contributed by atoms with Crippen LogP contribution in [-0.2, 0) is 16.1 Å². The highest BCUT2D eigenvalue weighted by Crippen LogP contribution is 2.48. The molecular formula is C25H23ClN4O4. The summed E-state index contributed by atoms with van der Waals surface area (Å²) in [6.45, 7) is 7.23. The van der Waals surface area contributed by atoms with Crippen LogP contribution in [0.2, 0.25) is 5.02 Å². The first-order chi connectivity index (χ1) is 16.7. The lowest BCUT2D eigenvalue weighted by Crippen LogP contribution is -2.56. The molecule has 1 amide bonds. The highest BCUT2D eigenvalue weighted by Gasteiger charge is 2.35. The Bertz CT molecular complexity index is 1310. The molecule has 3 aliphatic rings. The van der Waals surface area contributed by atoms with Crippen molar-refractivity contribution in [3.63, 3.8) is 0 Å². The van der Waals surface area contributed by atoms with Gasteiger partial charge in [-0.05, 0) is 12.1 Å². The number of carbonyl (C=O) groups excluding carboxylic acids is 1. The first-order valence-corrected chi connectivity index (χ1v) is 11.6. The van der Waals surface area contributed by atoms with Crippen LogP contribution >= 0.6 is 11.6 Å². The maximum absolute atomic E-state index is 12.2. The predicted octanol–water partition coefficient (Wildman–Crippen LogP) is 3.45. The van der Waals surface area contributed by atoms with Crippen LogP contribution < -0.4 is 14.4 Å². The third-order valence-electron chi connectivity index (χ3n) is 6.58. The van der Waals surface area contributed by atoms with E-state index in [9.17, 15) is 4.79 Å². The Balaban J connectivity index is 1.48. The van der Waals surface area contributed by atoms with Gasteiger partial charge in [0.25, 0.3) is 0 Å². The number of hydrogen-bond acceptors (Lipinski definition) is 7. The van der Waals surface area contributed by atoms with Crippen LogP contribution in [0.3, 0.4) is 0 Å². The highest BCUT2D eigenvalue weighted by atomic mass is 35.5. The smallest absolute Gasteiger partial charge is 0.246 e. The lowest BCUT2D eigenvalue weighted by molar-refractivity contribution is -0.126. The molecule has 174 valence electrons. The van der Waals surface area contributed by atoms with Gasteiger partial charge in [-0.25, -0.2) is 9.97 Å². The summed E-state index contributed by atoms with van der Waals surface area (Å²) < 4.78 is 18.0. The first kappa shape index (κ1) is 21.2. The van der Waals surface area contributed by atoms with Gasteiger partial charge in [0.15, 0.2) is 5.75 Å². The quantitative estimate of drug-likeness (QED) is 0.522. The Labute approximate surface area is 201 Å². The zero-order chi connectivity index (χ0) is 23.2. The highest BCUT2D eigenvalue weighted by molar-refractivity contribution is 6.36. The SMILES string of the molecule is C=CC(=O)N1CCN2c3ncnc4cc(-c5cccc6c5OCCOC6)c(Cl)c(c34)OC[C@@H]2C1. The van der Waals surface area contributed by atoms with E-state index in [-0.39, 0.29) is 11.9 Å². The molecule has 0 N–H and O–H groups in total. The topological polar surface area (TPSA) is 77.0 Å². The molecule has 1 fully saturated rings. The number of carbonyl (C=O) groups is 1. The minimum absolute atomic E-state index is 0.0591. The molecule has 34 heavy (non-hydrogen) atoms. The molecule has 0 aliphatic carbocycles. The standard InChI is InChI=1S/C25H23ClN4O4/c1-2-20(31)29-6-7-30-16(11-29)13-34-24-21-19(27-14-28-25(21)30)10-18(22(24)26)17-5-3-4-15-12-32-8-9-33-23(15)17/h2-5,10,14,16H,1,6-9,11-13H2/t16-/m0/s1. The summed E-state index contributed by atoms with van der Waals surface area (Å²) in [5.74, 6) is 2.03. The van der Waals surface area contributed by atoms with Crippen molar-refractivity contribution >= 4 is 34.2 Å². The van der Waals surface area contributed by atoms with Gasteiger partial charge in [0.1, 0.15) is 31.1 Å². The lowest BCUT2D eigenvalue weighted by atomic mass is 9.99. The number of piperazine rings is 1. The fourth-order valence-corrected chi connectivity index (χ4v) is 5.25. The van der Waals surface area contributed by atoms with Gasteiger partial charge in [-0.1, -0.05) is 36.4 Å². The Kier molecular flexibility index (Phi) is 5.27. The second-order valence-electron chi connectivity index (χ2n) is 8.50. The lowest BCUT2D eigenvalue weighted by Gasteiger charge is -2.40. The van der Waals surface area contributed by atoms with E-state index >= 15 is 0 Å². The van der Waals surface area contributed by atoms with E-state index < -0.39 is 0 Å². The van der Waals surface area contributed by atoms with Gasteiger partial charge in [-0.2, -0.15) is 0 Å². The van der Waals surface area contributed by atoms with Gasteiger partial charge in [0, 0.05) is 36.3 Å². The zero-order valence-corrected chi connectivity index (χ0v) is 19.3. The summed E-state index contributed by atoms with van der Waals surface area (Å²) in [6, 6.07) is 7.88. The summed E-state index contributed by atoms with van der Waals surface area (Å²) in [5, 5.41) is 1.28. The van der Waals surface area contributed by atoms with E-state index in [1.54, 1.807) is 11.2 Å². The molecule has 8 nitrogen and oxygen atoms in total. The molecule has 0 unspecified atom stereocenters. The minimum Gasteiger partial charge on any atom is -0.490 e. The number of aromatic nitrogens is 2. The second-order valence-corrected chi connectivity index (χ2v) is 8.88. The average Bonchev–Trinajstić information content (AvgIpc) is 3.21. The molecule has 3 aromatic rings. The van der Waals surface area contributed by atoms with E-state index in [2.05, 4.69) is 21.4 Å². The molecule has 0 spiro atoms. The van der Waals surface area contributed by atoms with Gasteiger partial charge in [0.05, 0.1) is 35.2 Å². The van der Waals surface area contributed by atoms with Crippen molar-refractivity contribution in [1.82, 2.24) is 14.9 Å². The first-order valence-electron chi connectivity index (χ1n) is 11.3. The number of amides is 1. The minimum atomic E-state index is -0.0803. The van der Waals surface area contributed by atoms with Crippen LogP contribution in [0.1, 0.15) is 5.56 Å². The summed E-state index contributed by atoms with van der Waals surface area (Å²) in [4.78, 5) is 25.4. The Morgan fingerprint density at radius 3 is 2.94 bits per heavy atom. The number of para-hydroxylation sites is 1. The van der Waals surface area contributed by atoms with Gasteiger partial charge in [-0.15, -0.1) is 0 Å². The molecule has 6 rings (SSSR count). The van der Waals surface area contributed by atoms with Crippen molar-refractivity contribution < 1.29 is 19.0 Å². The molecule has 2 aromatic carbocycles. The van der Waals surface area contributed by atoms with Crippen molar-refractivity contribution in [2.75, 3.05) is 44.4 Å². The van der Waals surface area contributed by atoms with E-state index in [4.69, 9.17) is 25.8 Å². The molecule has 4 heterocycles. The average molecular weight is 479 g/mol. The number of hydrogen-bond donors (Lipinski definition) is 0.